The first-order valence-electron chi connectivity index (χ1n) is 15.7. The van der Waals surface area contributed by atoms with E-state index >= 15 is 0 Å². The highest BCUT2D eigenvalue weighted by Gasteiger charge is 2.34. The van der Waals surface area contributed by atoms with E-state index in [9.17, 15) is 4.79 Å². The highest BCUT2D eigenvalue weighted by Crippen LogP contribution is 2.44. The first-order valence-corrected chi connectivity index (χ1v) is 16.1. The normalized spacial score (nSPS) is 17.3. The monoisotopic (exact) mass is 620 g/mol. The summed E-state index contributed by atoms with van der Waals surface area (Å²) in [4.78, 5) is 15.4. The molecule has 0 spiro atoms. The number of likely N-dealkylation sites (N-methyl/N-ethyl adjacent to an activating group) is 1. The lowest BCUT2D eigenvalue weighted by atomic mass is 9.89. The van der Waals surface area contributed by atoms with Crippen LogP contribution in [0.5, 0.6) is 17.2 Å². The molecule has 1 aliphatic carbocycles. The molecule has 5 rings (SSSR count). The first kappa shape index (κ1) is 32.1. The zero-order valence-electron chi connectivity index (χ0n) is 26.6. The number of carbonyl (C=O) groups is 1. The van der Waals surface area contributed by atoms with Crippen molar-refractivity contribution < 1.29 is 24.1 Å². The van der Waals surface area contributed by atoms with Gasteiger partial charge in [-0.3, -0.25) is 14.6 Å². The number of carboxylic acids is 1. The minimum Gasteiger partial charge on any atom is -0.493 e. The van der Waals surface area contributed by atoms with E-state index in [0.29, 0.717) is 41.8 Å². The van der Waals surface area contributed by atoms with Crippen LogP contribution in [0.2, 0.25) is 5.02 Å². The molecule has 7 nitrogen and oxygen atoms in total. The van der Waals surface area contributed by atoms with Crippen LogP contribution >= 0.6 is 11.6 Å². The zero-order chi connectivity index (χ0) is 31.4. The first-order chi connectivity index (χ1) is 21.1. The zero-order valence-corrected chi connectivity index (χ0v) is 27.4. The van der Waals surface area contributed by atoms with Crippen molar-refractivity contribution in [2.45, 2.75) is 71.6 Å². The number of aliphatic carboxylic acids is 1. The topological polar surface area (TPSA) is 71.5 Å². The summed E-state index contributed by atoms with van der Waals surface area (Å²) in [6.45, 7) is 12.5. The predicted octanol–water partition coefficient (Wildman–Crippen LogP) is 7.55. The van der Waals surface area contributed by atoms with Crippen molar-refractivity contribution in [3.05, 3.63) is 75.8 Å². The third-order valence-electron chi connectivity index (χ3n) is 9.00. The number of nitrogens with zero attached hydrogens (tertiary/aromatic N) is 2. The second-order valence-electron chi connectivity index (χ2n) is 12.6. The second kappa shape index (κ2) is 13.8. The molecule has 1 atom stereocenters. The van der Waals surface area contributed by atoms with Crippen LogP contribution in [0, 0.1) is 6.92 Å². The Kier molecular flexibility index (Phi) is 10.1. The number of halogens is 1. The van der Waals surface area contributed by atoms with E-state index in [1.807, 2.05) is 19.1 Å². The maximum atomic E-state index is 11.2. The molecule has 3 aromatic carbocycles. The summed E-state index contributed by atoms with van der Waals surface area (Å²) in [5.74, 6) is 1.28. The molecule has 0 bridgehead atoms. The molecule has 0 radical (unpaired) electrons. The Morgan fingerprint density at radius 2 is 1.86 bits per heavy atom. The molecule has 8 heteroatoms. The summed E-state index contributed by atoms with van der Waals surface area (Å²) in [6.07, 6.45) is 3.89. The molecular weight excluding hydrogens is 576 g/mol. The van der Waals surface area contributed by atoms with Gasteiger partial charge in [-0.25, -0.2) is 0 Å². The standard InChI is InChI=1S/C36H45ClN2O5/c1-6-42-33-21-34(30(37)20-25(33)22-38(5)23-35(40)41)44-32-15-14-28-27(11-7-12-29(28)32)26-10-8-13-31(24(26)2)43-19-9-17-39-18-16-36(39,3)4/h7-8,10-13,20-21,32H,6,9,14-19,22-23H2,1-5H3,(H,40,41)/t32-/m0/s1. The molecule has 44 heavy (non-hydrogen) atoms. The van der Waals surface area contributed by atoms with Crippen molar-refractivity contribution in [2.24, 2.45) is 0 Å². The minimum absolute atomic E-state index is 0.0750. The molecule has 236 valence electrons. The van der Waals surface area contributed by atoms with Crippen LogP contribution in [0.25, 0.3) is 11.1 Å². The summed E-state index contributed by atoms with van der Waals surface area (Å²) in [5, 5.41) is 9.63. The number of hydrogen-bond acceptors (Lipinski definition) is 6. The van der Waals surface area contributed by atoms with Gasteiger partial charge in [-0.15, -0.1) is 0 Å². The van der Waals surface area contributed by atoms with E-state index < -0.39 is 5.97 Å². The van der Waals surface area contributed by atoms with Gasteiger partial charge < -0.3 is 19.3 Å². The van der Waals surface area contributed by atoms with Crippen LogP contribution < -0.4 is 14.2 Å². The summed E-state index contributed by atoms with van der Waals surface area (Å²) in [5.41, 5.74) is 7.18. The van der Waals surface area contributed by atoms with Crippen molar-refractivity contribution >= 4 is 17.6 Å². The molecule has 0 aromatic heterocycles. The minimum atomic E-state index is -0.882. The molecular formula is C36H45ClN2O5. The van der Waals surface area contributed by atoms with Gasteiger partial charge in [0, 0.05) is 36.8 Å². The summed E-state index contributed by atoms with van der Waals surface area (Å²) in [7, 11) is 1.76. The highest BCUT2D eigenvalue weighted by atomic mass is 35.5. The van der Waals surface area contributed by atoms with Crippen LogP contribution in [-0.4, -0.2) is 66.3 Å². The number of benzene rings is 3. The van der Waals surface area contributed by atoms with Gasteiger partial charge in [-0.1, -0.05) is 41.9 Å². The van der Waals surface area contributed by atoms with E-state index in [1.165, 1.54) is 35.2 Å². The van der Waals surface area contributed by atoms with Gasteiger partial charge in [-0.2, -0.15) is 0 Å². The lowest BCUT2D eigenvalue weighted by molar-refractivity contribution is -0.138. The summed E-state index contributed by atoms with van der Waals surface area (Å²) < 4.78 is 18.8. The van der Waals surface area contributed by atoms with Gasteiger partial charge in [-0.05, 0) is 100 Å². The number of likely N-dealkylation sites (tertiary alicyclic amines) is 1. The van der Waals surface area contributed by atoms with E-state index in [2.05, 4.69) is 62.1 Å². The van der Waals surface area contributed by atoms with Crippen molar-refractivity contribution in [3.8, 4) is 28.4 Å². The number of rotatable bonds is 14. The van der Waals surface area contributed by atoms with Gasteiger partial charge in [0.2, 0.25) is 0 Å². The van der Waals surface area contributed by atoms with Crippen LogP contribution in [-0.2, 0) is 17.8 Å². The Bertz CT molecular complexity index is 1490. The Hall–Kier alpha value is -3.26. The number of ether oxygens (including phenoxy) is 3. The lowest BCUT2D eigenvalue weighted by Gasteiger charge is -2.48. The smallest absolute Gasteiger partial charge is 0.317 e. The third kappa shape index (κ3) is 7.17. The summed E-state index contributed by atoms with van der Waals surface area (Å²) in [6, 6.07) is 16.5. The van der Waals surface area contributed by atoms with Crippen molar-refractivity contribution in [1.82, 2.24) is 9.80 Å². The van der Waals surface area contributed by atoms with E-state index in [0.717, 1.165) is 42.7 Å². The molecule has 0 unspecified atom stereocenters. The summed E-state index contributed by atoms with van der Waals surface area (Å²) >= 11 is 6.72. The fourth-order valence-corrected chi connectivity index (χ4v) is 6.66. The van der Waals surface area contributed by atoms with Gasteiger partial charge in [0.1, 0.15) is 23.4 Å². The quantitative estimate of drug-likeness (QED) is 0.187. The van der Waals surface area contributed by atoms with Gasteiger partial charge in [0.15, 0.2) is 0 Å². The Morgan fingerprint density at radius 3 is 2.57 bits per heavy atom. The fraction of sp³-hybridized carbons (Fsp3) is 0.472. The molecule has 1 fully saturated rings. The maximum Gasteiger partial charge on any atom is 0.317 e. The van der Waals surface area contributed by atoms with Crippen LogP contribution in [0.3, 0.4) is 0 Å². The Morgan fingerprint density at radius 1 is 1.09 bits per heavy atom. The lowest BCUT2D eigenvalue weighted by Crippen LogP contribution is -2.55. The Balaban J connectivity index is 1.31. The van der Waals surface area contributed by atoms with Crippen molar-refractivity contribution in [1.29, 1.82) is 0 Å². The van der Waals surface area contributed by atoms with Crippen molar-refractivity contribution in [2.75, 3.05) is 39.9 Å². The molecule has 1 heterocycles. The molecule has 0 amide bonds. The van der Waals surface area contributed by atoms with Crippen LogP contribution in [0.4, 0.5) is 0 Å². The Labute approximate surface area is 266 Å². The van der Waals surface area contributed by atoms with E-state index in [1.54, 1.807) is 11.9 Å². The third-order valence-corrected chi connectivity index (χ3v) is 9.29. The highest BCUT2D eigenvalue weighted by molar-refractivity contribution is 6.32. The molecule has 3 aromatic rings. The molecule has 0 saturated carbocycles. The number of fused-ring (bicyclic) bond motifs is 1. The van der Waals surface area contributed by atoms with Gasteiger partial charge in [0.05, 0.1) is 24.8 Å². The maximum absolute atomic E-state index is 11.2. The van der Waals surface area contributed by atoms with E-state index in [4.69, 9.17) is 30.9 Å². The van der Waals surface area contributed by atoms with Crippen LogP contribution in [0.1, 0.15) is 68.4 Å². The van der Waals surface area contributed by atoms with Gasteiger partial charge >= 0.3 is 5.97 Å². The molecule has 2 aliphatic rings. The molecule has 1 saturated heterocycles. The SMILES string of the molecule is CCOc1cc(O[C@H]2CCc3c(-c4cccc(OCCCN5CCC5(C)C)c4C)cccc32)c(Cl)cc1CN(C)CC(=O)O. The van der Waals surface area contributed by atoms with Gasteiger partial charge in [0.25, 0.3) is 0 Å². The second-order valence-corrected chi connectivity index (χ2v) is 13.0. The van der Waals surface area contributed by atoms with Crippen LogP contribution in [0.15, 0.2) is 48.5 Å². The fourth-order valence-electron chi connectivity index (χ4n) is 6.43. The predicted molar refractivity (Wildman–Crippen MR) is 175 cm³/mol. The molecule has 1 aliphatic heterocycles. The molecule has 1 N–H and O–H groups in total. The number of hydrogen-bond donors (Lipinski definition) is 1. The van der Waals surface area contributed by atoms with E-state index in [-0.39, 0.29) is 12.6 Å². The average molecular weight is 621 g/mol. The largest absolute Gasteiger partial charge is 0.493 e. The number of carboxylic acid groups (broad SMARTS) is 1. The van der Waals surface area contributed by atoms with Crippen molar-refractivity contribution in [3.63, 3.8) is 0 Å². The average Bonchev–Trinajstić information content (AvgIpc) is 3.38.